The van der Waals surface area contributed by atoms with Gasteiger partial charge in [0.15, 0.2) is 0 Å². The number of amides is 3. The molecule has 0 saturated carbocycles. The maximum absolute atomic E-state index is 13.2. The van der Waals surface area contributed by atoms with E-state index in [0.717, 1.165) is 0 Å². The van der Waals surface area contributed by atoms with E-state index in [-0.39, 0.29) is 12.3 Å². The molecule has 0 radical (unpaired) electrons. The van der Waals surface area contributed by atoms with Gasteiger partial charge < -0.3 is 21.5 Å². The van der Waals surface area contributed by atoms with Gasteiger partial charge in [0, 0.05) is 35.8 Å². The number of anilines is 1. The Hall–Kier alpha value is -3.94. The molecule has 0 spiro atoms. The number of carbonyl (C=O) groups excluding carboxylic acids is 3. The second-order valence-electron chi connectivity index (χ2n) is 9.20. The van der Waals surface area contributed by atoms with Gasteiger partial charge in [0.05, 0.1) is 18.0 Å². The molecule has 1 aliphatic heterocycles. The van der Waals surface area contributed by atoms with Crippen LogP contribution < -0.4 is 16.4 Å². The summed E-state index contributed by atoms with van der Waals surface area (Å²) < 4.78 is 77.6. The first kappa shape index (κ1) is 30.6. The van der Waals surface area contributed by atoms with Crippen LogP contribution in [0.2, 0.25) is 0 Å². The van der Waals surface area contributed by atoms with E-state index in [4.69, 9.17) is 5.73 Å². The predicted octanol–water partition coefficient (Wildman–Crippen LogP) is 3.81. The number of benzodiazepines with no additional fused rings is 1. The first-order chi connectivity index (χ1) is 18.7. The van der Waals surface area contributed by atoms with Crippen molar-refractivity contribution in [1.82, 2.24) is 5.32 Å². The molecule has 8 nitrogen and oxygen atoms in total. The molecular formula is C26H26F6N4O4. The Morgan fingerprint density at radius 3 is 2.08 bits per heavy atom. The van der Waals surface area contributed by atoms with Crippen LogP contribution in [0.25, 0.3) is 0 Å². The number of aliphatic hydroxyl groups is 1. The van der Waals surface area contributed by atoms with Gasteiger partial charge in [0.1, 0.15) is 0 Å². The Morgan fingerprint density at radius 1 is 0.950 bits per heavy atom. The highest BCUT2D eigenvalue weighted by molar-refractivity contribution is 6.19. The zero-order chi connectivity index (χ0) is 29.7. The number of fused-ring (bicyclic) bond motifs is 1. The molecule has 1 aliphatic rings. The summed E-state index contributed by atoms with van der Waals surface area (Å²) in [6.07, 6.45) is -16.4. The van der Waals surface area contributed by atoms with Crippen molar-refractivity contribution in [1.29, 1.82) is 0 Å². The van der Waals surface area contributed by atoms with E-state index in [1.807, 2.05) is 0 Å². The zero-order valence-corrected chi connectivity index (χ0v) is 20.9. The molecule has 0 aliphatic carbocycles. The second-order valence-corrected chi connectivity index (χ2v) is 9.20. The number of rotatable bonds is 10. The monoisotopic (exact) mass is 572 g/mol. The average Bonchev–Trinajstić information content (AvgIpc) is 3.00. The van der Waals surface area contributed by atoms with Crippen LogP contribution in [-0.2, 0) is 21.0 Å². The van der Waals surface area contributed by atoms with Crippen molar-refractivity contribution in [3.8, 4) is 0 Å². The maximum Gasteiger partial charge on any atom is 0.389 e. The Kier molecular flexibility index (Phi) is 9.56. The standard InChI is InChI=1S/C26H26F6N4O4/c27-25(28,29)11-9-16(21(33)38)17(10-12-26(30,31)32)23(39)36-22-24(40)34-19-4-2-1-3-18(19)20(35-22)15-7-5-14(13-37)6-8-15/h1-8,16-17,22,37H,9-13H2,(H2,33,38)(H,34,40)(H,36,39)/t16?,17?,22-/m1/s1. The van der Waals surface area contributed by atoms with Gasteiger partial charge >= 0.3 is 12.4 Å². The third-order valence-electron chi connectivity index (χ3n) is 6.30. The molecule has 0 fully saturated rings. The van der Waals surface area contributed by atoms with E-state index in [9.17, 15) is 45.8 Å². The third kappa shape index (κ3) is 8.28. The summed E-state index contributed by atoms with van der Waals surface area (Å²) in [6.45, 7) is -0.239. The molecule has 2 aromatic carbocycles. The number of primary amides is 1. The van der Waals surface area contributed by atoms with E-state index in [1.165, 1.54) is 0 Å². The molecule has 3 amide bonds. The molecule has 0 bridgehead atoms. The fourth-order valence-corrected chi connectivity index (χ4v) is 4.29. The fourth-order valence-electron chi connectivity index (χ4n) is 4.29. The smallest absolute Gasteiger partial charge is 0.389 e. The lowest BCUT2D eigenvalue weighted by Gasteiger charge is -2.26. The van der Waals surface area contributed by atoms with Gasteiger partial charge in [-0.05, 0) is 24.5 Å². The average molecular weight is 573 g/mol. The minimum absolute atomic E-state index is 0.208. The van der Waals surface area contributed by atoms with E-state index in [2.05, 4.69) is 15.6 Å². The molecule has 5 N–H and O–H groups in total. The van der Waals surface area contributed by atoms with Crippen molar-refractivity contribution in [2.45, 2.75) is 50.8 Å². The van der Waals surface area contributed by atoms with Crippen molar-refractivity contribution in [3.05, 3.63) is 65.2 Å². The molecule has 1 heterocycles. The van der Waals surface area contributed by atoms with Crippen LogP contribution in [0.3, 0.4) is 0 Å². The minimum Gasteiger partial charge on any atom is -0.392 e. The topological polar surface area (TPSA) is 134 Å². The molecule has 216 valence electrons. The number of aliphatic hydroxyl groups excluding tert-OH is 1. The van der Waals surface area contributed by atoms with Gasteiger partial charge in [-0.15, -0.1) is 0 Å². The van der Waals surface area contributed by atoms with Crippen LogP contribution in [-0.4, -0.2) is 47.1 Å². The van der Waals surface area contributed by atoms with Gasteiger partial charge in [-0.2, -0.15) is 26.3 Å². The number of nitrogens with zero attached hydrogens (tertiary/aromatic N) is 1. The van der Waals surface area contributed by atoms with Crippen LogP contribution in [0.15, 0.2) is 53.5 Å². The highest BCUT2D eigenvalue weighted by Crippen LogP contribution is 2.33. The molecule has 40 heavy (non-hydrogen) atoms. The largest absolute Gasteiger partial charge is 0.392 e. The number of carbonyl (C=O) groups is 3. The number of aliphatic imine (C=N–C) groups is 1. The highest BCUT2D eigenvalue weighted by atomic mass is 19.4. The van der Waals surface area contributed by atoms with Crippen LogP contribution >= 0.6 is 0 Å². The number of nitrogens with two attached hydrogens (primary N) is 1. The predicted molar refractivity (Wildman–Crippen MR) is 132 cm³/mol. The van der Waals surface area contributed by atoms with Crippen molar-refractivity contribution in [2.75, 3.05) is 5.32 Å². The molecule has 3 rings (SSSR count). The van der Waals surface area contributed by atoms with Gasteiger partial charge in [-0.1, -0.05) is 42.5 Å². The van der Waals surface area contributed by atoms with Crippen LogP contribution in [0, 0.1) is 11.8 Å². The Morgan fingerprint density at radius 2 is 1.52 bits per heavy atom. The number of nitrogens with one attached hydrogen (secondary N) is 2. The van der Waals surface area contributed by atoms with E-state index in [0.29, 0.717) is 22.4 Å². The van der Waals surface area contributed by atoms with Crippen molar-refractivity contribution in [2.24, 2.45) is 22.6 Å². The Labute approximate surface area is 224 Å². The number of halogens is 6. The van der Waals surface area contributed by atoms with Crippen molar-refractivity contribution < 1.29 is 45.8 Å². The summed E-state index contributed by atoms with van der Waals surface area (Å²) in [6, 6.07) is 12.9. The fraction of sp³-hybridized carbons (Fsp3) is 0.385. The number of alkyl halides is 6. The number of hydrogen-bond acceptors (Lipinski definition) is 5. The lowest BCUT2D eigenvalue weighted by molar-refractivity contribution is -0.152. The third-order valence-corrected chi connectivity index (χ3v) is 6.30. The quantitative estimate of drug-likeness (QED) is 0.322. The summed E-state index contributed by atoms with van der Waals surface area (Å²) in [5.74, 6) is -7.33. The molecule has 0 aromatic heterocycles. The molecule has 0 saturated heterocycles. The summed E-state index contributed by atoms with van der Waals surface area (Å²) >= 11 is 0. The summed E-state index contributed by atoms with van der Waals surface area (Å²) in [4.78, 5) is 42.6. The van der Waals surface area contributed by atoms with Gasteiger partial charge in [-0.3, -0.25) is 14.4 Å². The number of para-hydroxylation sites is 1. The summed E-state index contributed by atoms with van der Waals surface area (Å²) in [5, 5.41) is 14.1. The lowest BCUT2D eigenvalue weighted by Crippen LogP contribution is -2.48. The van der Waals surface area contributed by atoms with Crippen molar-refractivity contribution in [3.63, 3.8) is 0 Å². The molecular weight excluding hydrogens is 546 g/mol. The first-order valence-electron chi connectivity index (χ1n) is 12.1. The van der Waals surface area contributed by atoms with Gasteiger partial charge in [0.2, 0.25) is 18.0 Å². The number of benzene rings is 2. The molecule has 2 aromatic rings. The van der Waals surface area contributed by atoms with E-state index >= 15 is 0 Å². The van der Waals surface area contributed by atoms with E-state index < -0.39 is 73.8 Å². The minimum atomic E-state index is -4.78. The Bertz CT molecular complexity index is 1260. The SMILES string of the molecule is NC(=O)C(CCC(F)(F)F)C(CCC(F)(F)F)C(=O)N[C@H]1N=C(c2ccc(CO)cc2)c2ccccc2NC1=O. The zero-order valence-electron chi connectivity index (χ0n) is 20.9. The van der Waals surface area contributed by atoms with Crippen LogP contribution in [0.1, 0.15) is 42.4 Å². The Balaban J connectivity index is 1.98. The molecule has 14 heteroatoms. The maximum atomic E-state index is 13.2. The van der Waals surface area contributed by atoms with Crippen LogP contribution in [0.4, 0.5) is 32.0 Å². The number of hydrogen-bond donors (Lipinski definition) is 4. The van der Waals surface area contributed by atoms with Crippen LogP contribution in [0.5, 0.6) is 0 Å². The highest BCUT2D eigenvalue weighted by Gasteiger charge is 2.40. The molecule has 3 atom stereocenters. The van der Waals surface area contributed by atoms with E-state index in [1.54, 1.807) is 48.5 Å². The summed E-state index contributed by atoms with van der Waals surface area (Å²) in [7, 11) is 0. The first-order valence-corrected chi connectivity index (χ1v) is 12.1. The lowest BCUT2D eigenvalue weighted by atomic mass is 9.83. The second kappa shape index (κ2) is 12.5. The summed E-state index contributed by atoms with van der Waals surface area (Å²) in [5.41, 5.74) is 7.22. The van der Waals surface area contributed by atoms with Gasteiger partial charge in [0.25, 0.3) is 5.91 Å². The van der Waals surface area contributed by atoms with Crippen molar-refractivity contribution >= 4 is 29.1 Å². The normalized spacial score (nSPS) is 17.1. The molecule has 2 unspecified atom stereocenters. The van der Waals surface area contributed by atoms with Gasteiger partial charge in [-0.25, -0.2) is 4.99 Å².